The number of anilines is 1. The van der Waals surface area contributed by atoms with E-state index in [9.17, 15) is 4.39 Å². The van der Waals surface area contributed by atoms with Gasteiger partial charge in [-0.25, -0.2) is 9.37 Å². The maximum absolute atomic E-state index is 13.3. The van der Waals surface area contributed by atoms with Crippen LogP contribution in [0.4, 0.5) is 10.2 Å². The minimum absolute atomic E-state index is 0.0421. The van der Waals surface area contributed by atoms with E-state index in [0.717, 1.165) is 42.6 Å². The molecule has 9 heteroatoms. The fourth-order valence-corrected chi connectivity index (χ4v) is 3.77. The number of hydrogen-bond acceptors (Lipinski definition) is 6. The zero-order chi connectivity index (χ0) is 17.9. The molecule has 1 saturated carbocycles. The normalized spacial score (nSPS) is 21.9. The van der Waals surface area contributed by atoms with Crippen LogP contribution in [0.15, 0.2) is 18.3 Å². The van der Waals surface area contributed by atoms with Gasteiger partial charge in [-0.3, -0.25) is 5.10 Å². The summed E-state index contributed by atoms with van der Waals surface area (Å²) < 4.78 is 13.3. The van der Waals surface area contributed by atoms with Crippen LogP contribution in [0.25, 0.3) is 11.2 Å². The summed E-state index contributed by atoms with van der Waals surface area (Å²) in [5, 5.41) is 21.6. The molecule has 0 spiro atoms. The first-order valence-corrected chi connectivity index (χ1v) is 9.04. The molecule has 0 bridgehead atoms. The molecule has 1 unspecified atom stereocenters. The van der Waals surface area contributed by atoms with Gasteiger partial charge in [0, 0.05) is 23.9 Å². The number of fused-ring (bicyclic) bond motifs is 1. The van der Waals surface area contributed by atoms with E-state index >= 15 is 0 Å². The Hall–Kier alpha value is -2.55. The van der Waals surface area contributed by atoms with Crippen LogP contribution in [0.1, 0.15) is 49.3 Å². The fraction of sp³-hybridized carbons (Fsp3) is 0.529. The molecule has 0 amide bonds. The number of nitrogen functional groups attached to an aromatic ring is 1. The molecule has 1 atom stereocenters. The number of rotatable bonds is 6. The predicted molar refractivity (Wildman–Crippen MR) is 96.3 cm³/mol. The van der Waals surface area contributed by atoms with Crippen LogP contribution in [0, 0.1) is 0 Å². The van der Waals surface area contributed by atoms with Gasteiger partial charge in [-0.1, -0.05) is 0 Å². The molecule has 1 aliphatic rings. The monoisotopic (exact) mass is 358 g/mol. The quantitative estimate of drug-likeness (QED) is 0.535. The highest BCUT2D eigenvalue weighted by molar-refractivity contribution is 5.76. The first-order chi connectivity index (χ1) is 12.7. The molecular formula is C17H23FN8. The summed E-state index contributed by atoms with van der Waals surface area (Å²) in [4.78, 5) is 4.22. The molecule has 3 aromatic rings. The lowest BCUT2D eigenvalue weighted by atomic mass is 9.91. The summed E-state index contributed by atoms with van der Waals surface area (Å²) in [5.41, 5.74) is 9.16. The topological polar surface area (TPSA) is 121 Å². The Morgan fingerprint density at radius 3 is 2.88 bits per heavy atom. The molecule has 0 aliphatic heterocycles. The molecule has 8 nitrogen and oxygen atoms in total. The van der Waals surface area contributed by atoms with Crippen molar-refractivity contribution in [3.63, 3.8) is 0 Å². The minimum atomic E-state index is -0.633. The Labute approximate surface area is 150 Å². The summed E-state index contributed by atoms with van der Waals surface area (Å²) in [7, 11) is 0. The SMILES string of the molecule is Nc1cc(C(CCNC2CCC(F)CC2)c2ccn[nH]2)c2n[nH]nc2n1. The molecule has 138 valence electrons. The average Bonchev–Trinajstić information content (AvgIpc) is 3.31. The van der Waals surface area contributed by atoms with Crippen LogP contribution < -0.4 is 11.1 Å². The first-order valence-electron chi connectivity index (χ1n) is 9.04. The highest BCUT2D eigenvalue weighted by Gasteiger charge is 2.23. The second-order valence-electron chi connectivity index (χ2n) is 6.89. The van der Waals surface area contributed by atoms with E-state index in [1.165, 1.54) is 0 Å². The van der Waals surface area contributed by atoms with Crippen LogP contribution >= 0.6 is 0 Å². The number of pyridine rings is 1. The largest absolute Gasteiger partial charge is 0.384 e. The summed E-state index contributed by atoms with van der Waals surface area (Å²) in [6.07, 6.45) is 5.04. The maximum Gasteiger partial charge on any atom is 0.203 e. The lowest BCUT2D eigenvalue weighted by Crippen LogP contribution is -2.34. The zero-order valence-electron chi connectivity index (χ0n) is 14.5. The second kappa shape index (κ2) is 7.36. The summed E-state index contributed by atoms with van der Waals surface area (Å²) in [5.74, 6) is 0.459. The third-order valence-electron chi connectivity index (χ3n) is 5.14. The van der Waals surface area contributed by atoms with Gasteiger partial charge in [-0.15, -0.1) is 5.10 Å². The number of nitrogens with two attached hydrogens (primary N) is 1. The molecular weight excluding hydrogens is 335 g/mol. The number of aromatic nitrogens is 6. The lowest BCUT2D eigenvalue weighted by Gasteiger charge is -2.26. The highest BCUT2D eigenvalue weighted by Crippen LogP contribution is 2.31. The Morgan fingerprint density at radius 2 is 2.12 bits per heavy atom. The van der Waals surface area contributed by atoms with Crippen molar-refractivity contribution in [3.8, 4) is 0 Å². The Balaban J connectivity index is 1.53. The molecule has 0 saturated heterocycles. The lowest BCUT2D eigenvalue weighted by molar-refractivity contribution is 0.219. The van der Waals surface area contributed by atoms with Gasteiger partial charge in [-0.05, 0) is 56.3 Å². The average molecular weight is 358 g/mol. The van der Waals surface area contributed by atoms with Crippen molar-refractivity contribution < 1.29 is 4.39 Å². The number of nitrogens with zero attached hydrogens (tertiary/aromatic N) is 4. The van der Waals surface area contributed by atoms with Gasteiger partial charge in [0.05, 0.1) is 0 Å². The molecule has 4 rings (SSSR count). The van der Waals surface area contributed by atoms with Crippen molar-refractivity contribution in [2.24, 2.45) is 0 Å². The van der Waals surface area contributed by atoms with E-state index in [4.69, 9.17) is 5.73 Å². The Morgan fingerprint density at radius 1 is 1.27 bits per heavy atom. The molecule has 5 N–H and O–H groups in total. The van der Waals surface area contributed by atoms with E-state index in [0.29, 0.717) is 30.3 Å². The molecule has 0 aromatic carbocycles. The van der Waals surface area contributed by atoms with Crippen molar-refractivity contribution in [1.82, 2.24) is 35.9 Å². The van der Waals surface area contributed by atoms with Gasteiger partial charge in [0.15, 0.2) is 0 Å². The van der Waals surface area contributed by atoms with Gasteiger partial charge in [-0.2, -0.15) is 15.4 Å². The van der Waals surface area contributed by atoms with Crippen LogP contribution in [0.2, 0.25) is 0 Å². The van der Waals surface area contributed by atoms with Gasteiger partial charge in [0.1, 0.15) is 17.5 Å². The third-order valence-corrected chi connectivity index (χ3v) is 5.14. The molecule has 1 aliphatic carbocycles. The Bertz CT molecular complexity index is 838. The van der Waals surface area contributed by atoms with Crippen molar-refractivity contribution in [3.05, 3.63) is 29.6 Å². The van der Waals surface area contributed by atoms with E-state index in [2.05, 4.69) is 35.9 Å². The Kier molecular flexibility index (Phi) is 4.79. The van der Waals surface area contributed by atoms with Crippen molar-refractivity contribution in [1.29, 1.82) is 0 Å². The summed E-state index contributed by atoms with van der Waals surface area (Å²) >= 11 is 0. The molecule has 3 heterocycles. The van der Waals surface area contributed by atoms with E-state index in [1.807, 2.05) is 12.1 Å². The van der Waals surface area contributed by atoms with Crippen molar-refractivity contribution in [2.45, 2.75) is 50.2 Å². The molecule has 26 heavy (non-hydrogen) atoms. The maximum atomic E-state index is 13.3. The number of halogens is 1. The number of H-pyrrole nitrogens is 2. The van der Waals surface area contributed by atoms with Gasteiger partial charge in [0.25, 0.3) is 0 Å². The van der Waals surface area contributed by atoms with E-state index < -0.39 is 6.17 Å². The molecule has 0 radical (unpaired) electrons. The zero-order valence-corrected chi connectivity index (χ0v) is 14.5. The van der Waals surface area contributed by atoms with Crippen LogP contribution in [0.3, 0.4) is 0 Å². The number of nitrogens with one attached hydrogen (secondary N) is 3. The number of hydrogen-bond donors (Lipinski definition) is 4. The predicted octanol–water partition coefficient (Wildman–Crippen LogP) is 2.05. The van der Waals surface area contributed by atoms with Crippen molar-refractivity contribution in [2.75, 3.05) is 12.3 Å². The van der Waals surface area contributed by atoms with Gasteiger partial charge < -0.3 is 11.1 Å². The highest BCUT2D eigenvalue weighted by atomic mass is 19.1. The van der Waals surface area contributed by atoms with Crippen LogP contribution in [0.5, 0.6) is 0 Å². The molecule has 1 fully saturated rings. The minimum Gasteiger partial charge on any atom is -0.384 e. The third kappa shape index (κ3) is 3.52. The van der Waals surface area contributed by atoms with Crippen LogP contribution in [-0.2, 0) is 0 Å². The van der Waals surface area contributed by atoms with Crippen LogP contribution in [-0.4, -0.2) is 49.4 Å². The molecule has 3 aromatic heterocycles. The van der Waals surface area contributed by atoms with Gasteiger partial charge >= 0.3 is 0 Å². The number of aromatic amines is 2. The van der Waals surface area contributed by atoms with E-state index in [-0.39, 0.29) is 5.92 Å². The summed E-state index contributed by atoms with van der Waals surface area (Å²) in [6, 6.07) is 4.20. The first kappa shape index (κ1) is 16.9. The smallest absolute Gasteiger partial charge is 0.203 e. The number of alkyl halides is 1. The summed E-state index contributed by atoms with van der Waals surface area (Å²) in [6.45, 7) is 0.812. The van der Waals surface area contributed by atoms with Crippen molar-refractivity contribution >= 4 is 17.0 Å². The fourth-order valence-electron chi connectivity index (χ4n) is 3.77. The van der Waals surface area contributed by atoms with E-state index in [1.54, 1.807) is 6.20 Å². The van der Waals surface area contributed by atoms with Gasteiger partial charge in [0.2, 0.25) is 5.65 Å². The second-order valence-corrected chi connectivity index (χ2v) is 6.89. The standard InChI is InChI=1S/C17H23FN8/c18-10-1-3-11(4-2-10)20-7-5-12(14-6-8-21-23-14)13-9-15(19)22-17-16(13)24-26-25-17/h6,8-12,20H,1-5,7H2,(H,21,23)(H3,19,22,24,25,26).